The number of thioether (sulfide) groups is 1. The highest BCUT2D eigenvalue weighted by Gasteiger charge is 2.21. The fraction of sp³-hybridized carbons (Fsp3) is 0.353. The van der Waals surface area contributed by atoms with Gasteiger partial charge in [-0.1, -0.05) is 42.1 Å². The van der Waals surface area contributed by atoms with E-state index >= 15 is 0 Å². The van der Waals surface area contributed by atoms with Gasteiger partial charge in [-0.3, -0.25) is 9.59 Å². The van der Waals surface area contributed by atoms with E-state index in [2.05, 4.69) is 9.97 Å². The van der Waals surface area contributed by atoms with Crippen LogP contribution < -0.4 is 5.56 Å². The highest BCUT2D eigenvalue weighted by atomic mass is 32.2. The van der Waals surface area contributed by atoms with Crippen molar-refractivity contribution in [2.75, 3.05) is 0 Å². The molecule has 0 spiro atoms. The zero-order chi connectivity index (χ0) is 16.2. The van der Waals surface area contributed by atoms with E-state index in [-0.39, 0.29) is 18.1 Å². The van der Waals surface area contributed by atoms with E-state index in [1.165, 1.54) is 11.8 Å². The lowest BCUT2D eigenvalue weighted by Gasteiger charge is -2.11. The molecule has 5 nitrogen and oxygen atoms in total. The van der Waals surface area contributed by atoms with Gasteiger partial charge in [0.25, 0.3) is 5.56 Å². The van der Waals surface area contributed by atoms with E-state index in [1.807, 2.05) is 30.3 Å². The number of aromatic amines is 1. The topological polar surface area (TPSA) is 72.0 Å². The zero-order valence-electron chi connectivity index (χ0n) is 12.9. The molecule has 0 bridgehead atoms. The maximum Gasteiger partial charge on any atom is 0.319 e. The third-order valence-electron chi connectivity index (χ3n) is 3.76. The Hall–Kier alpha value is -2.08. The summed E-state index contributed by atoms with van der Waals surface area (Å²) in [4.78, 5) is 31.3. The highest BCUT2D eigenvalue weighted by Crippen LogP contribution is 2.23. The average molecular weight is 330 g/mol. The number of nitrogens with zero attached hydrogens (tertiary/aromatic N) is 1. The molecule has 1 aromatic carbocycles. The first-order valence-corrected chi connectivity index (χ1v) is 8.51. The lowest BCUT2D eigenvalue weighted by molar-refractivity contribution is -0.143. The Morgan fingerprint density at radius 1 is 1.35 bits per heavy atom. The van der Waals surface area contributed by atoms with Gasteiger partial charge in [-0.25, -0.2) is 4.98 Å². The first kappa shape index (κ1) is 15.8. The molecule has 120 valence electrons. The molecular formula is C17H18N2O3S. The van der Waals surface area contributed by atoms with Crippen LogP contribution in [-0.4, -0.2) is 21.2 Å². The summed E-state index contributed by atoms with van der Waals surface area (Å²) in [5.41, 5.74) is 2.51. The summed E-state index contributed by atoms with van der Waals surface area (Å²) < 4.78 is 5.31. The van der Waals surface area contributed by atoms with Gasteiger partial charge in [0.15, 0.2) is 5.16 Å². The van der Waals surface area contributed by atoms with Gasteiger partial charge >= 0.3 is 5.97 Å². The summed E-state index contributed by atoms with van der Waals surface area (Å²) in [6.07, 6.45) is 2.59. The second-order valence-electron chi connectivity index (χ2n) is 5.50. The highest BCUT2D eigenvalue weighted by molar-refractivity contribution is 8.00. The summed E-state index contributed by atoms with van der Waals surface area (Å²) in [5, 5.41) is 0.0566. The van der Waals surface area contributed by atoms with Crippen molar-refractivity contribution in [3.05, 3.63) is 57.5 Å². The van der Waals surface area contributed by atoms with Crippen LogP contribution in [0.3, 0.4) is 0 Å². The lowest BCUT2D eigenvalue weighted by atomic mass is 10.2. The fourth-order valence-corrected chi connectivity index (χ4v) is 3.35. The van der Waals surface area contributed by atoms with Crippen molar-refractivity contribution >= 4 is 17.7 Å². The van der Waals surface area contributed by atoms with E-state index < -0.39 is 5.25 Å². The van der Waals surface area contributed by atoms with E-state index in [1.54, 1.807) is 6.92 Å². The van der Waals surface area contributed by atoms with Gasteiger partial charge in [-0.15, -0.1) is 0 Å². The molecule has 23 heavy (non-hydrogen) atoms. The van der Waals surface area contributed by atoms with Crippen LogP contribution >= 0.6 is 11.8 Å². The number of nitrogens with one attached hydrogen (secondary N) is 1. The first-order chi connectivity index (χ1) is 11.1. The number of hydrogen-bond donors (Lipinski definition) is 1. The molecule has 1 unspecified atom stereocenters. The standard InChI is InChI=1S/C17H18N2O3S/c1-11(16(21)22-10-12-6-3-2-4-7-12)23-17-18-14-9-5-8-13(14)15(20)19-17/h2-4,6-7,11H,5,8-10H2,1H3,(H,18,19,20). The van der Waals surface area contributed by atoms with Crippen molar-refractivity contribution in [2.24, 2.45) is 0 Å². The van der Waals surface area contributed by atoms with Gasteiger partial charge in [-0.05, 0) is 31.7 Å². The third-order valence-corrected chi connectivity index (χ3v) is 4.73. The minimum Gasteiger partial charge on any atom is -0.460 e. The van der Waals surface area contributed by atoms with Crippen LogP contribution in [0.2, 0.25) is 0 Å². The summed E-state index contributed by atoms with van der Waals surface area (Å²) in [6, 6.07) is 9.54. The number of carbonyl (C=O) groups excluding carboxylic acids is 1. The Labute approximate surface area is 138 Å². The van der Waals surface area contributed by atoms with Crippen LogP contribution in [0.1, 0.15) is 30.2 Å². The van der Waals surface area contributed by atoms with Crippen molar-refractivity contribution in [3.63, 3.8) is 0 Å². The molecule has 0 fully saturated rings. The van der Waals surface area contributed by atoms with Gasteiger partial charge in [-0.2, -0.15) is 0 Å². The van der Waals surface area contributed by atoms with Gasteiger partial charge in [0.05, 0.1) is 5.69 Å². The number of H-pyrrole nitrogens is 1. The number of ether oxygens (including phenoxy) is 1. The van der Waals surface area contributed by atoms with Crippen LogP contribution in [0.4, 0.5) is 0 Å². The number of rotatable bonds is 5. The minimum absolute atomic E-state index is 0.0835. The molecule has 1 heterocycles. The molecule has 2 aromatic rings. The van der Waals surface area contributed by atoms with Gasteiger partial charge in [0, 0.05) is 5.56 Å². The van der Waals surface area contributed by atoms with Crippen molar-refractivity contribution in [1.82, 2.24) is 9.97 Å². The molecule has 3 rings (SSSR count). The molecule has 0 saturated carbocycles. The molecule has 1 N–H and O–H groups in total. The number of aryl methyl sites for hydroxylation is 1. The van der Waals surface area contributed by atoms with Crippen LogP contribution in [0.5, 0.6) is 0 Å². The van der Waals surface area contributed by atoms with Crippen molar-refractivity contribution in [3.8, 4) is 0 Å². The minimum atomic E-state index is -0.429. The number of aromatic nitrogens is 2. The Morgan fingerprint density at radius 3 is 2.91 bits per heavy atom. The quantitative estimate of drug-likeness (QED) is 0.518. The molecule has 0 aliphatic heterocycles. The summed E-state index contributed by atoms with van der Waals surface area (Å²) in [5.74, 6) is -0.318. The van der Waals surface area contributed by atoms with Crippen LogP contribution in [-0.2, 0) is 29.0 Å². The first-order valence-electron chi connectivity index (χ1n) is 7.63. The number of hydrogen-bond acceptors (Lipinski definition) is 5. The van der Waals surface area contributed by atoms with E-state index in [0.29, 0.717) is 5.16 Å². The molecule has 1 aliphatic rings. The normalized spacial score (nSPS) is 14.3. The predicted molar refractivity (Wildman–Crippen MR) is 88.4 cm³/mol. The number of esters is 1. The van der Waals surface area contributed by atoms with Gasteiger partial charge < -0.3 is 9.72 Å². The zero-order valence-corrected chi connectivity index (χ0v) is 13.7. The Balaban J connectivity index is 1.60. The molecule has 1 atom stereocenters. The monoisotopic (exact) mass is 330 g/mol. The maximum absolute atomic E-state index is 12.1. The SMILES string of the molecule is CC(Sc1nc2c(c(=O)[nH]1)CCC2)C(=O)OCc1ccccc1. The average Bonchev–Trinajstić information content (AvgIpc) is 3.02. The Kier molecular flexibility index (Phi) is 4.81. The third kappa shape index (κ3) is 3.82. The van der Waals surface area contributed by atoms with Crippen LogP contribution in [0, 0.1) is 0 Å². The maximum atomic E-state index is 12.1. The van der Waals surface area contributed by atoms with Crippen molar-refractivity contribution in [1.29, 1.82) is 0 Å². The van der Waals surface area contributed by atoms with Crippen LogP contribution in [0.25, 0.3) is 0 Å². The number of benzene rings is 1. The van der Waals surface area contributed by atoms with Crippen molar-refractivity contribution < 1.29 is 9.53 Å². The van der Waals surface area contributed by atoms with Gasteiger partial charge in [0.1, 0.15) is 11.9 Å². The Bertz CT molecular complexity index is 758. The summed E-state index contributed by atoms with van der Waals surface area (Å²) in [7, 11) is 0. The molecule has 0 radical (unpaired) electrons. The molecule has 0 saturated heterocycles. The van der Waals surface area contributed by atoms with Crippen molar-refractivity contribution in [2.45, 2.75) is 43.2 Å². The lowest BCUT2D eigenvalue weighted by Crippen LogP contribution is -2.20. The van der Waals surface area contributed by atoms with Gasteiger partial charge in [0.2, 0.25) is 0 Å². The molecule has 1 aliphatic carbocycles. The van der Waals surface area contributed by atoms with E-state index in [9.17, 15) is 9.59 Å². The largest absolute Gasteiger partial charge is 0.460 e. The molecule has 1 aromatic heterocycles. The number of carbonyl (C=O) groups is 1. The predicted octanol–water partition coefficient (Wildman–Crippen LogP) is 2.48. The Morgan fingerprint density at radius 2 is 2.13 bits per heavy atom. The molecule has 0 amide bonds. The van der Waals surface area contributed by atoms with Crippen LogP contribution in [0.15, 0.2) is 40.3 Å². The summed E-state index contributed by atoms with van der Waals surface area (Å²) >= 11 is 1.23. The smallest absolute Gasteiger partial charge is 0.319 e. The van der Waals surface area contributed by atoms with E-state index in [4.69, 9.17) is 4.74 Å². The van der Waals surface area contributed by atoms with E-state index in [0.717, 1.165) is 36.1 Å². The second kappa shape index (κ2) is 7.00. The number of fused-ring (bicyclic) bond motifs is 1. The fourth-order valence-electron chi connectivity index (χ4n) is 2.54. The second-order valence-corrected chi connectivity index (χ2v) is 6.83. The molecule has 6 heteroatoms. The molecular weight excluding hydrogens is 312 g/mol. The summed E-state index contributed by atoms with van der Waals surface area (Å²) in [6.45, 7) is 2.00.